The Labute approximate surface area is 120 Å². The van der Waals surface area contributed by atoms with Crippen molar-refractivity contribution in [3.63, 3.8) is 0 Å². The van der Waals surface area contributed by atoms with Crippen molar-refractivity contribution >= 4 is 17.3 Å². The zero-order valence-electron chi connectivity index (χ0n) is 11.7. The lowest BCUT2D eigenvalue weighted by Gasteiger charge is -2.28. The summed E-state index contributed by atoms with van der Waals surface area (Å²) in [6, 6.07) is 1.96. The molecule has 1 aliphatic heterocycles. The maximum atomic E-state index is 13.7. The summed E-state index contributed by atoms with van der Waals surface area (Å²) in [6.45, 7) is 3.90. The van der Waals surface area contributed by atoms with Crippen LogP contribution in [0.2, 0.25) is 0 Å². The molecule has 114 valence electrons. The van der Waals surface area contributed by atoms with E-state index in [1.807, 2.05) is 0 Å². The summed E-state index contributed by atoms with van der Waals surface area (Å²) in [4.78, 5) is 23.2. The van der Waals surface area contributed by atoms with E-state index in [0.29, 0.717) is 6.61 Å². The van der Waals surface area contributed by atoms with Crippen molar-refractivity contribution in [1.82, 2.24) is 0 Å². The van der Waals surface area contributed by atoms with Crippen LogP contribution in [0.25, 0.3) is 0 Å². The van der Waals surface area contributed by atoms with E-state index in [2.05, 4.69) is 0 Å². The summed E-state index contributed by atoms with van der Waals surface area (Å²) in [5, 5.41) is 10.9. The third-order valence-corrected chi connectivity index (χ3v) is 2.86. The molecule has 1 aromatic rings. The van der Waals surface area contributed by atoms with Gasteiger partial charge in [0, 0.05) is 18.7 Å². The van der Waals surface area contributed by atoms with Crippen molar-refractivity contribution in [2.24, 2.45) is 0 Å². The molecule has 0 saturated carbocycles. The normalized spacial score (nSPS) is 15.4. The summed E-state index contributed by atoms with van der Waals surface area (Å²) >= 11 is 0. The van der Waals surface area contributed by atoms with E-state index >= 15 is 0 Å². The Morgan fingerprint density at radius 2 is 2.19 bits per heavy atom. The Hall–Kier alpha value is -2.22. The van der Waals surface area contributed by atoms with Crippen molar-refractivity contribution in [1.29, 1.82) is 0 Å². The highest BCUT2D eigenvalue weighted by Crippen LogP contribution is 2.36. The Morgan fingerprint density at radius 1 is 1.48 bits per heavy atom. The number of rotatable bonds is 4. The molecular weight excluding hydrogens is 283 g/mol. The Bertz CT molecular complexity index is 576. The van der Waals surface area contributed by atoms with Crippen LogP contribution in [0.4, 0.5) is 15.8 Å². The fourth-order valence-electron chi connectivity index (χ4n) is 2.00. The fourth-order valence-corrected chi connectivity index (χ4v) is 2.00. The minimum absolute atomic E-state index is 0.100. The number of ether oxygens (including phenoxy) is 2. The molecule has 2 rings (SSSR count). The summed E-state index contributed by atoms with van der Waals surface area (Å²) < 4.78 is 24.2. The highest BCUT2D eigenvalue weighted by Gasteiger charge is 2.28. The van der Waals surface area contributed by atoms with Gasteiger partial charge in [0.15, 0.2) is 0 Å². The zero-order valence-corrected chi connectivity index (χ0v) is 11.7. The van der Waals surface area contributed by atoms with Gasteiger partial charge in [-0.1, -0.05) is 0 Å². The van der Waals surface area contributed by atoms with Gasteiger partial charge in [0.1, 0.15) is 12.4 Å². The van der Waals surface area contributed by atoms with E-state index in [0.717, 1.165) is 12.1 Å². The monoisotopic (exact) mass is 298 g/mol. The second kappa shape index (κ2) is 6.04. The third-order valence-electron chi connectivity index (χ3n) is 2.86. The molecule has 0 radical (unpaired) electrons. The number of hydrogen-bond donors (Lipinski definition) is 0. The summed E-state index contributed by atoms with van der Waals surface area (Å²) in [5.74, 6) is -1.25. The molecule has 0 unspecified atom stereocenters. The maximum absolute atomic E-state index is 13.7. The zero-order chi connectivity index (χ0) is 15.6. The molecule has 0 aromatic heterocycles. The van der Waals surface area contributed by atoms with Crippen LogP contribution in [-0.4, -0.2) is 36.7 Å². The third kappa shape index (κ3) is 3.27. The molecule has 21 heavy (non-hydrogen) atoms. The van der Waals surface area contributed by atoms with E-state index < -0.39 is 16.4 Å². The van der Waals surface area contributed by atoms with Crippen molar-refractivity contribution in [2.75, 3.05) is 24.7 Å². The lowest BCUT2D eigenvalue weighted by atomic mass is 10.2. The van der Waals surface area contributed by atoms with Gasteiger partial charge in [-0.25, -0.2) is 0 Å². The predicted octanol–water partition coefficient (Wildman–Crippen LogP) is 1.88. The molecule has 0 atom stereocenters. The lowest BCUT2D eigenvalue weighted by Crippen LogP contribution is -2.42. The maximum Gasteiger partial charge on any atom is 0.307 e. The van der Waals surface area contributed by atoms with E-state index in [4.69, 9.17) is 9.47 Å². The van der Waals surface area contributed by atoms with Gasteiger partial charge in [-0.2, -0.15) is 4.39 Å². The molecular formula is C13H15FN2O5. The van der Waals surface area contributed by atoms with Crippen LogP contribution in [0.3, 0.4) is 0 Å². The SMILES string of the molecule is CC(C)Oc1cc(F)c([N+](=O)[O-])cc1N1CCOCC1=O. The van der Waals surface area contributed by atoms with Gasteiger partial charge in [-0.15, -0.1) is 0 Å². The first kappa shape index (κ1) is 15.2. The number of carbonyl (C=O) groups excluding carboxylic acids is 1. The molecule has 1 aromatic carbocycles. The molecule has 1 aliphatic rings. The van der Waals surface area contributed by atoms with Crippen LogP contribution in [0, 0.1) is 15.9 Å². The molecule has 0 aliphatic carbocycles. The fraction of sp³-hybridized carbons (Fsp3) is 0.462. The number of benzene rings is 1. The molecule has 1 amide bonds. The average Bonchev–Trinajstić information content (AvgIpc) is 2.39. The number of anilines is 1. The Morgan fingerprint density at radius 3 is 2.76 bits per heavy atom. The average molecular weight is 298 g/mol. The molecule has 7 nitrogen and oxygen atoms in total. The number of hydrogen-bond acceptors (Lipinski definition) is 5. The van der Waals surface area contributed by atoms with E-state index in [1.54, 1.807) is 13.8 Å². The largest absolute Gasteiger partial charge is 0.489 e. The lowest BCUT2D eigenvalue weighted by molar-refractivity contribution is -0.387. The highest BCUT2D eigenvalue weighted by atomic mass is 19.1. The van der Waals surface area contributed by atoms with Gasteiger partial charge < -0.3 is 14.4 Å². The molecule has 0 bridgehead atoms. The van der Waals surface area contributed by atoms with Crippen LogP contribution in [0.15, 0.2) is 12.1 Å². The van der Waals surface area contributed by atoms with Gasteiger partial charge >= 0.3 is 5.69 Å². The molecule has 0 N–H and O–H groups in total. The van der Waals surface area contributed by atoms with Gasteiger partial charge in [-0.3, -0.25) is 14.9 Å². The first-order valence-corrected chi connectivity index (χ1v) is 6.43. The van der Waals surface area contributed by atoms with Crippen molar-refractivity contribution in [3.05, 3.63) is 28.1 Å². The number of nitrogens with zero attached hydrogens (tertiary/aromatic N) is 2. The van der Waals surface area contributed by atoms with Gasteiger partial charge in [0.05, 0.1) is 23.3 Å². The van der Waals surface area contributed by atoms with E-state index in [1.165, 1.54) is 4.90 Å². The Balaban J connectivity index is 2.50. The smallest absolute Gasteiger partial charge is 0.307 e. The number of carbonyl (C=O) groups is 1. The number of morpholine rings is 1. The first-order valence-electron chi connectivity index (χ1n) is 6.43. The number of nitro benzene ring substituents is 1. The van der Waals surface area contributed by atoms with Gasteiger partial charge in [0.25, 0.3) is 5.91 Å². The summed E-state index contributed by atoms with van der Waals surface area (Å²) in [5.41, 5.74) is -0.509. The Kier molecular flexibility index (Phi) is 4.37. The van der Waals surface area contributed by atoms with E-state index in [-0.39, 0.29) is 36.6 Å². The van der Waals surface area contributed by atoms with Crippen LogP contribution in [0.5, 0.6) is 5.75 Å². The molecule has 1 fully saturated rings. The van der Waals surface area contributed by atoms with Crippen molar-refractivity contribution < 1.29 is 23.6 Å². The molecule has 1 heterocycles. The van der Waals surface area contributed by atoms with Crippen molar-refractivity contribution in [3.8, 4) is 5.75 Å². The minimum Gasteiger partial charge on any atom is -0.489 e. The van der Waals surface area contributed by atoms with Crippen molar-refractivity contribution in [2.45, 2.75) is 20.0 Å². The number of halogens is 1. The number of amides is 1. The molecule has 1 saturated heterocycles. The van der Waals surface area contributed by atoms with Crippen LogP contribution >= 0.6 is 0 Å². The number of nitro groups is 1. The quantitative estimate of drug-likeness (QED) is 0.626. The minimum atomic E-state index is -1.000. The summed E-state index contributed by atoms with van der Waals surface area (Å²) in [7, 11) is 0. The van der Waals surface area contributed by atoms with Crippen LogP contribution in [-0.2, 0) is 9.53 Å². The first-order chi connectivity index (χ1) is 9.90. The van der Waals surface area contributed by atoms with E-state index in [9.17, 15) is 19.3 Å². The standard InChI is InChI=1S/C13H15FN2O5/c1-8(2)21-12-5-9(14)10(16(18)19)6-11(12)15-3-4-20-7-13(15)17/h5-6,8H,3-4,7H2,1-2H3. The second-order valence-electron chi connectivity index (χ2n) is 4.79. The van der Waals surface area contributed by atoms with Gasteiger partial charge in [0.2, 0.25) is 5.82 Å². The van der Waals surface area contributed by atoms with Crippen LogP contribution < -0.4 is 9.64 Å². The highest BCUT2D eigenvalue weighted by molar-refractivity contribution is 5.96. The summed E-state index contributed by atoms with van der Waals surface area (Å²) in [6.07, 6.45) is -0.263. The van der Waals surface area contributed by atoms with Crippen LogP contribution in [0.1, 0.15) is 13.8 Å². The molecule has 8 heteroatoms. The topological polar surface area (TPSA) is 81.9 Å². The predicted molar refractivity (Wildman–Crippen MR) is 72.0 cm³/mol. The second-order valence-corrected chi connectivity index (χ2v) is 4.79. The molecule has 0 spiro atoms. The van der Waals surface area contributed by atoms with Gasteiger partial charge in [-0.05, 0) is 13.8 Å².